The normalized spacial score (nSPS) is 20.3. The monoisotopic (exact) mass is 312 g/mol. The lowest BCUT2D eigenvalue weighted by Crippen LogP contribution is -2.46. The summed E-state index contributed by atoms with van der Waals surface area (Å²) < 4.78 is 5.51. The van der Waals surface area contributed by atoms with Crippen LogP contribution in [0.1, 0.15) is 25.5 Å². The van der Waals surface area contributed by atoms with Gasteiger partial charge in [0.05, 0.1) is 25.3 Å². The number of rotatable bonds is 4. The van der Waals surface area contributed by atoms with Crippen molar-refractivity contribution in [2.45, 2.75) is 26.0 Å². The number of carbonyl (C=O) groups is 1. The van der Waals surface area contributed by atoms with Crippen LogP contribution in [0.4, 0.5) is 0 Å². The molecular weight excluding hydrogens is 288 g/mol. The van der Waals surface area contributed by atoms with E-state index in [4.69, 9.17) is 4.74 Å². The predicted octanol–water partition coefficient (Wildman–Crippen LogP) is 2.74. The molecule has 0 aliphatic carbocycles. The molecule has 0 spiro atoms. The van der Waals surface area contributed by atoms with Gasteiger partial charge >= 0.3 is 0 Å². The van der Waals surface area contributed by atoms with Crippen LogP contribution in [0, 0.1) is 0 Å². The number of benzene rings is 2. The first-order valence-electron chi connectivity index (χ1n) is 8.24. The lowest BCUT2D eigenvalue weighted by Gasteiger charge is -2.30. The Morgan fingerprint density at radius 2 is 2.09 bits per heavy atom. The van der Waals surface area contributed by atoms with Crippen molar-refractivity contribution in [1.29, 1.82) is 0 Å². The standard InChI is InChI=1S/C19H24N2O2/c1-14-12-21(9-10-23-14)13-19(22)20-15(2)17-8-7-16-5-3-4-6-18(16)11-17/h3-8,11,14-15H,9-10,12-13H2,1-2H3,(H,20,22). The summed E-state index contributed by atoms with van der Waals surface area (Å²) in [5.41, 5.74) is 1.13. The van der Waals surface area contributed by atoms with Gasteiger partial charge in [-0.2, -0.15) is 0 Å². The molecule has 1 amide bonds. The number of carbonyl (C=O) groups excluding carboxylic acids is 1. The summed E-state index contributed by atoms with van der Waals surface area (Å²) in [4.78, 5) is 14.4. The number of hydrogen-bond donors (Lipinski definition) is 1. The first kappa shape index (κ1) is 16.0. The van der Waals surface area contributed by atoms with Gasteiger partial charge in [0.1, 0.15) is 0 Å². The highest BCUT2D eigenvalue weighted by Gasteiger charge is 2.19. The van der Waals surface area contributed by atoms with Gasteiger partial charge in [-0.15, -0.1) is 0 Å². The zero-order chi connectivity index (χ0) is 16.2. The van der Waals surface area contributed by atoms with E-state index < -0.39 is 0 Å². The van der Waals surface area contributed by atoms with Crippen molar-refractivity contribution >= 4 is 16.7 Å². The summed E-state index contributed by atoms with van der Waals surface area (Å²) in [5.74, 6) is 0.0692. The number of hydrogen-bond acceptors (Lipinski definition) is 3. The van der Waals surface area contributed by atoms with Crippen molar-refractivity contribution in [2.24, 2.45) is 0 Å². The van der Waals surface area contributed by atoms with Crippen molar-refractivity contribution < 1.29 is 9.53 Å². The topological polar surface area (TPSA) is 41.6 Å². The lowest BCUT2D eigenvalue weighted by atomic mass is 10.0. The second-order valence-electron chi connectivity index (χ2n) is 6.31. The third-order valence-corrected chi connectivity index (χ3v) is 4.34. The Morgan fingerprint density at radius 3 is 2.87 bits per heavy atom. The predicted molar refractivity (Wildman–Crippen MR) is 92.4 cm³/mol. The van der Waals surface area contributed by atoms with E-state index >= 15 is 0 Å². The van der Waals surface area contributed by atoms with Crippen LogP contribution in [0.25, 0.3) is 10.8 Å². The van der Waals surface area contributed by atoms with Crippen LogP contribution in [-0.2, 0) is 9.53 Å². The van der Waals surface area contributed by atoms with E-state index in [9.17, 15) is 4.79 Å². The Bertz CT molecular complexity index is 686. The Balaban J connectivity index is 1.60. The Labute approximate surface area is 137 Å². The molecule has 0 bridgehead atoms. The molecular formula is C19H24N2O2. The lowest BCUT2D eigenvalue weighted by molar-refractivity contribution is -0.124. The van der Waals surface area contributed by atoms with Crippen LogP contribution >= 0.6 is 0 Å². The van der Waals surface area contributed by atoms with Crippen LogP contribution in [0.2, 0.25) is 0 Å². The number of fused-ring (bicyclic) bond motifs is 1. The molecule has 0 radical (unpaired) electrons. The van der Waals surface area contributed by atoms with Crippen LogP contribution in [0.3, 0.4) is 0 Å². The molecule has 1 saturated heterocycles. The largest absolute Gasteiger partial charge is 0.376 e. The quantitative estimate of drug-likeness (QED) is 0.944. The van der Waals surface area contributed by atoms with Gasteiger partial charge in [0.15, 0.2) is 0 Å². The highest BCUT2D eigenvalue weighted by atomic mass is 16.5. The molecule has 1 N–H and O–H groups in total. The first-order valence-corrected chi connectivity index (χ1v) is 8.24. The van der Waals surface area contributed by atoms with Crippen LogP contribution in [0.5, 0.6) is 0 Å². The van der Waals surface area contributed by atoms with Gasteiger partial charge < -0.3 is 10.1 Å². The second-order valence-corrected chi connectivity index (χ2v) is 6.31. The van der Waals surface area contributed by atoms with E-state index in [1.807, 2.05) is 26.0 Å². The molecule has 2 atom stereocenters. The third kappa shape index (κ3) is 4.09. The molecule has 2 aromatic carbocycles. The fourth-order valence-electron chi connectivity index (χ4n) is 3.08. The molecule has 4 heteroatoms. The second kappa shape index (κ2) is 7.11. The highest BCUT2D eigenvalue weighted by Crippen LogP contribution is 2.20. The molecule has 0 saturated carbocycles. The summed E-state index contributed by atoms with van der Waals surface area (Å²) in [6.07, 6.45) is 0.203. The Kier molecular flexibility index (Phi) is 4.94. The van der Waals surface area contributed by atoms with Gasteiger partial charge in [0.2, 0.25) is 5.91 Å². The molecule has 2 aromatic rings. The van der Waals surface area contributed by atoms with Gasteiger partial charge in [0, 0.05) is 13.1 Å². The summed E-state index contributed by atoms with van der Waals surface area (Å²) in [6, 6.07) is 14.6. The third-order valence-electron chi connectivity index (χ3n) is 4.34. The average molecular weight is 312 g/mol. The number of morpholine rings is 1. The highest BCUT2D eigenvalue weighted by molar-refractivity contribution is 5.83. The molecule has 1 fully saturated rings. The van der Waals surface area contributed by atoms with Gasteiger partial charge in [-0.3, -0.25) is 9.69 Å². The van der Waals surface area contributed by atoms with Gasteiger partial charge in [-0.25, -0.2) is 0 Å². The molecule has 2 unspecified atom stereocenters. The average Bonchev–Trinajstić information content (AvgIpc) is 2.54. The fraction of sp³-hybridized carbons (Fsp3) is 0.421. The summed E-state index contributed by atoms with van der Waals surface area (Å²) >= 11 is 0. The maximum atomic E-state index is 12.3. The minimum atomic E-state index is 0.00516. The van der Waals surface area contributed by atoms with Crippen molar-refractivity contribution in [3.05, 3.63) is 48.0 Å². The Hall–Kier alpha value is -1.91. The van der Waals surface area contributed by atoms with E-state index in [1.165, 1.54) is 10.8 Å². The van der Waals surface area contributed by atoms with E-state index in [1.54, 1.807) is 0 Å². The minimum Gasteiger partial charge on any atom is -0.376 e. The van der Waals surface area contributed by atoms with Gasteiger partial charge in [0.25, 0.3) is 0 Å². The molecule has 0 aromatic heterocycles. The zero-order valence-electron chi connectivity index (χ0n) is 13.8. The molecule has 1 aliphatic heterocycles. The van der Waals surface area contributed by atoms with Gasteiger partial charge in [-0.1, -0.05) is 36.4 Å². The van der Waals surface area contributed by atoms with Crippen LogP contribution in [-0.4, -0.2) is 43.2 Å². The molecule has 3 rings (SSSR count). The Morgan fingerprint density at radius 1 is 1.30 bits per heavy atom. The van der Waals surface area contributed by atoms with Crippen molar-refractivity contribution in [3.8, 4) is 0 Å². The smallest absolute Gasteiger partial charge is 0.234 e. The molecule has 1 heterocycles. The number of ether oxygens (including phenoxy) is 1. The SMILES string of the molecule is CC1CN(CC(=O)NC(C)c2ccc3ccccc3c2)CCO1. The number of nitrogens with zero attached hydrogens (tertiary/aromatic N) is 1. The number of amides is 1. The van der Waals surface area contributed by atoms with Crippen LogP contribution < -0.4 is 5.32 Å². The summed E-state index contributed by atoms with van der Waals surface area (Å²) in [6.45, 7) is 6.85. The molecule has 4 nitrogen and oxygen atoms in total. The van der Waals surface area contributed by atoms with E-state index in [-0.39, 0.29) is 18.1 Å². The maximum absolute atomic E-state index is 12.3. The molecule has 122 valence electrons. The van der Waals surface area contributed by atoms with E-state index in [0.717, 1.165) is 18.7 Å². The van der Waals surface area contributed by atoms with Crippen LogP contribution in [0.15, 0.2) is 42.5 Å². The van der Waals surface area contributed by atoms with Crippen molar-refractivity contribution in [3.63, 3.8) is 0 Å². The summed E-state index contributed by atoms with van der Waals surface area (Å²) in [5, 5.41) is 5.52. The van der Waals surface area contributed by atoms with E-state index in [2.05, 4.69) is 40.5 Å². The van der Waals surface area contributed by atoms with Crippen molar-refractivity contribution in [1.82, 2.24) is 10.2 Å². The van der Waals surface area contributed by atoms with E-state index in [0.29, 0.717) is 13.2 Å². The minimum absolute atomic E-state index is 0.00516. The fourth-order valence-corrected chi connectivity index (χ4v) is 3.08. The summed E-state index contributed by atoms with van der Waals surface area (Å²) in [7, 11) is 0. The van der Waals surface area contributed by atoms with Crippen molar-refractivity contribution in [2.75, 3.05) is 26.2 Å². The zero-order valence-corrected chi connectivity index (χ0v) is 13.8. The maximum Gasteiger partial charge on any atom is 0.234 e. The van der Waals surface area contributed by atoms with Gasteiger partial charge in [-0.05, 0) is 36.2 Å². The number of nitrogens with one attached hydrogen (secondary N) is 1. The first-order chi connectivity index (χ1) is 11.1. The molecule has 1 aliphatic rings. The molecule has 23 heavy (non-hydrogen) atoms.